The molecule has 1 aliphatic rings. The van der Waals surface area contributed by atoms with E-state index in [4.69, 9.17) is 4.42 Å². The highest BCUT2D eigenvalue weighted by Gasteiger charge is 2.64. The summed E-state index contributed by atoms with van der Waals surface area (Å²) >= 11 is 0. The van der Waals surface area contributed by atoms with Crippen molar-refractivity contribution in [1.29, 1.82) is 0 Å². The largest absolute Gasteiger partial charge is 0.463 e. The number of hydrogen-bond donors (Lipinski definition) is 1. The zero-order valence-corrected chi connectivity index (χ0v) is 11.7. The minimum Gasteiger partial charge on any atom is -0.463 e. The van der Waals surface area contributed by atoms with Gasteiger partial charge in [-0.3, -0.25) is 0 Å². The fourth-order valence-electron chi connectivity index (χ4n) is 2.59. The first kappa shape index (κ1) is 13.1. The minimum atomic E-state index is -0.437. The van der Waals surface area contributed by atoms with Gasteiger partial charge in [-0.05, 0) is 23.0 Å². The number of nitrogens with one attached hydrogen (secondary N) is 1. The summed E-state index contributed by atoms with van der Waals surface area (Å²) in [6, 6.07) is 3.92. The number of carbonyl (C=O) groups excluding carboxylic acids is 1. The molecule has 1 N–H and O–H groups in total. The number of ether oxygens (including phenoxy) is 1. The first-order valence-corrected chi connectivity index (χ1v) is 6.21. The summed E-state index contributed by atoms with van der Waals surface area (Å²) in [6.45, 7) is 9.66. The van der Waals surface area contributed by atoms with E-state index >= 15 is 0 Å². The topological polar surface area (TPSA) is 51.5 Å². The lowest BCUT2D eigenvalue weighted by Crippen LogP contribution is -2.21. The molecule has 0 radical (unpaired) electrons. The van der Waals surface area contributed by atoms with E-state index in [1.165, 1.54) is 7.11 Å². The van der Waals surface area contributed by atoms with Crippen LogP contribution in [-0.2, 0) is 11.3 Å². The SMILES string of the molecule is COC(=O)c1ccc(CNC2C(C)(C)C2(C)C)o1. The molecule has 1 saturated carbocycles. The van der Waals surface area contributed by atoms with Crippen LogP contribution in [0.2, 0.25) is 0 Å². The number of rotatable bonds is 4. The Balaban J connectivity index is 1.93. The van der Waals surface area contributed by atoms with E-state index < -0.39 is 5.97 Å². The molecule has 2 rings (SSSR count). The summed E-state index contributed by atoms with van der Waals surface area (Å²) in [5, 5.41) is 3.48. The highest BCUT2D eigenvalue weighted by molar-refractivity contribution is 5.86. The first-order valence-electron chi connectivity index (χ1n) is 6.21. The minimum absolute atomic E-state index is 0.253. The number of furan rings is 1. The molecule has 0 unspecified atom stereocenters. The average molecular weight is 251 g/mol. The smallest absolute Gasteiger partial charge is 0.373 e. The van der Waals surface area contributed by atoms with Gasteiger partial charge in [0.1, 0.15) is 5.76 Å². The van der Waals surface area contributed by atoms with Crippen molar-refractivity contribution in [2.24, 2.45) is 10.8 Å². The van der Waals surface area contributed by atoms with Gasteiger partial charge in [-0.25, -0.2) is 4.79 Å². The Bertz CT molecular complexity index is 445. The lowest BCUT2D eigenvalue weighted by Gasteiger charge is -2.03. The standard InChI is InChI=1S/C14H21NO3/c1-13(2)12(14(13,3)4)15-8-9-6-7-10(18-9)11(16)17-5/h6-7,12,15H,8H2,1-5H3. The average Bonchev–Trinajstić information content (AvgIpc) is 2.70. The van der Waals surface area contributed by atoms with Gasteiger partial charge in [0.25, 0.3) is 0 Å². The fourth-order valence-corrected chi connectivity index (χ4v) is 2.59. The summed E-state index contributed by atoms with van der Waals surface area (Å²) < 4.78 is 10.0. The highest BCUT2D eigenvalue weighted by Crippen LogP contribution is 2.62. The Hall–Kier alpha value is -1.29. The van der Waals surface area contributed by atoms with Crippen LogP contribution in [0.3, 0.4) is 0 Å². The van der Waals surface area contributed by atoms with Gasteiger partial charge in [0.2, 0.25) is 5.76 Å². The molecule has 4 nitrogen and oxygen atoms in total. The zero-order chi connectivity index (χ0) is 13.6. The van der Waals surface area contributed by atoms with Gasteiger partial charge >= 0.3 is 5.97 Å². The van der Waals surface area contributed by atoms with Crippen LogP contribution in [0, 0.1) is 10.8 Å². The lowest BCUT2D eigenvalue weighted by atomic mass is 10.0. The van der Waals surface area contributed by atoms with Crippen LogP contribution >= 0.6 is 0 Å². The molecule has 1 aromatic rings. The normalized spacial score (nSPS) is 20.7. The highest BCUT2D eigenvalue weighted by atomic mass is 16.5. The van der Waals surface area contributed by atoms with Crippen LogP contribution in [0.5, 0.6) is 0 Å². The fraction of sp³-hybridized carbons (Fsp3) is 0.643. The maximum absolute atomic E-state index is 11.2. The van der Waals surface area contributed by atoms with Crippen LogP contribution in [0.4, 0.5) is 0 Å². The molecule has 0 amide bonds. The third-order valence-corrected chi connectivity index (χ3v) is 4.55. The van der Waals surface area contributed by atoms with E-state index in [1.54, 1.807) is 6.07 Å². The van der Waals surface area contributed by atoms with E-state index in [-0.39, 0.29) is 5.76 Å². The van der Waals surface area contributed by atoms with Gasteiger partial charge in [0, 0.05) is 6.04 Å². The van der Waals surface area contributed by atoms with Gasteiger partial charge in [-0.1, -0.05) is 27.7 Å². The molecule has 0 bridgehead atoms. The number of hydrogen-bond acceptors (Lipinski definition) is 4. The molecule has 4 heteroatoms. The van der Waals surface area contributed by atoms with E-state index in [0.29, 0.717) is 23.4 Å². The molecule has 1 fully saturated rings. The molecule has 0 aromatic carbocycles. The second-order valence-electron chi connectivity index (χ2n) is 6.01. The molecule has 1 heterocycles. The summed E-state index contributed by atoms with van der Waals surface area (Å²) in [5.74, 6) is 0.575. The van der Waals surface area contributed by atoms with E-state index in [0.717, 1.165) is 5.76 Å². The van der Waals surface area contributed by atoms with Crippen LogP contribution in [0.15, 0.2) is 16.5 Å². The summed E-state index contributed by atoms with van der Waals surface area (Å²) in [7, 11) is 1.35. The third kappa shape index (κ3) is 1.94. The number of esters is 1. The molecule has 100 valence electrons. The van der Waals surface area contributed by atoms with Gasteiger partial charge < -0.3 is 14.5 Å². The van der Waals surface area contributed by atoms with Crippen molar-refractivity contribution in [3.05, 3.63) is 23.7 Å². The number of methoxy groups -OCH3 is 1. The molecule has 0 aliphatic heterocycles. The second-order valence-corrected chi connectivity index (χ2v) is 6.01. The Morgan fingerprint density at radius 3 is 2.44 bits per heavy atom. The first-order chi connectivity index (χ1) is 8.30. The van der Waals surface area contributed by atoms with Gasteiger partial charge in [0.05, 0.1) is 13.7 Å². The Kier molecular flexibility index (Phi) is 3.01. The molecule has 18 heavy (non-hydrogen) atoms. The van der Waals surface area contributed by atoms with Crippen molar-refractivity contribution in [1.82, 2.24) is 5.32 Å². The zero-order valence-electron chi connectivity index (χ0n) is 11.7. The summed E-state index contributed by atoms with van der Waals surface area (Å²) in [5.41, 5.74) is 0.593. The quantitative estimate of drug-likeness (QED) is 0.836. The summed E-state index contributed by atoms with van der Waals surface area (Å²) in [4.78, 5) is 11.2. The molecular weight excluding hydrogens is 230 g/mol. The maximum atomic E-state index is 11.2. The third-order valence-electron chi connectivity index (χ3n) is 4.55. The molecular formula is C14H21NO3. The van der Waals surface area contributed by atoms with Crippen molar-refractivity contribution in [2.45, 2.75) is 40.3 Å². The van der Waals surface area contributed by atoms with Gasteiger partial charge in [-0.15, -0.1) is 0 Å². The monoisotopic (exact) mass is 251 g/mol. The summed E-state index contributed by atoms with van der Waals surface area (Å²) in [6.07, 6.45) is 0. The Morgan fingerprint density at radius 2 is 1.94 bits per heavy atom. The van der Waals surface area contributed by atoms with Crippen LogP contribution in [-0.4, -0.2) is 19.1 Å². The van der Waals surface area contributed by atoms with Gasteiger partial charge in [0.15, 0.2) is 0 Å². The maximum Gasteiger partial charge on any atom is 0.373 e. The van der Waals surface area contributed by atoms with Crippen molar-refractivity contribution in [2.75, 3.05) is 7.11 Å². The molecule has 1 aromatic heterocycles. The van der Waals surface area contributed by atoms with Crippen LogP contribution in [0.25, 0.3) is 0 Å². The van der Waals surface area contributed by atoms with Crippen molar-refractivity contribution < 1.29 is 13.9 Å². The van der Waals surface area contributed by atoms with E-state index in [2.05, 4.69) is 37.7 Å². The van der Waals surface area contributed by atoms with Crippen LogP contribution in [0.1, 0.15) is 44.0 Å². The number of carbonyl (C=O) groups is 1. The molecule has 1 aliphatic carbocycles. The van der Waals surface area contributed by atoms with Crippen molar-refractivity contribution >= 4 is 5.97 Å². The lowest BCUT2D eigenvalue weighted by molar-refractivity contribution is 0.0563. The van der Waals surface area contributed by atoms with Gasteiger partial charge in [-0.2, -0.15) is 0 Å². The predicted octanol–water partition coefficient (Wildman–Crippen LogP) is 2.59. The molecule has 0 spiro atoms. The Labute approximate surface area is 108 Å². The predicted molar refractivity (Wildman–Crippen MR) is 68.2 cm³/mol. The van der Waals surface area contributed by atoms with Crippen LogP contribution < -0.4 is 5.32 Å². The molecule has 0 saturated heterocycles. The van der Waals surface area contributed by atoms with E-state index in [1.807, 2.05) is 6.07 Å². The second kappa shape index (κ2) is 4.12. The van der Waals surface area contributed by atoms with Crippen molar-refractivity contribution in [3.63, 3.8) is 0 Å². The molecule has 0 atom stereocenters. The van der Waals surface area contributed by atoms with Crippen molar-refractivity contribution in [3.8, 4) is 0 Å². The van der Waals surface area contributed by atoms with E-state index in [9.17, 15) is 4.79 Å². The Morgan fingerprint density at radius 1 is 1.33 bits per heavy atom.